The molecule has 0 saturated heterocycles. The van der Waals surface area contributed by atoms with E-state index < -0.39 is 11.9 Å². The SMILES string of the molecule is CC(O)CC(CNC(=O)c1cc(F)cc2[nH]cnc12)c1ccccc1. The monoisotopic (exact) mass is 341 g/mol. The molecule has 3 rings (SSSR count). The lowest BCUT2D eigenvalue weighted by molar-refractivity contribution is 0.0946. The third kappa shape index (κ3) is 4.03. The Balaban J connectivity index is 1.78. The van der Waals surface area contributed by atoms with Crippen LogP contribution in [0.15, 0.2) is 48.8 Å². The van der Waals surface area contributed by atoms with Crippen molar-refractivity contribution in [2.24, 2.45) is 0 Å². The summed E-state index contributed by atoms with van der Waals surface area (Å²) < 4.78 is 13.7. The Bertz CT molecular complexity index is 861. The van der Waals surface area contributed by atoms with Crippen molar-refractivity contribution in [3.8, 4) is 0 Å². The lowest BCUT2D eigenvalue weighted by atomic mass is 9.93. The average Bonchev–Trinajstić information content (AvgIpc) is 3.06. The maximum Gasteiger partial charge on any atom is 0.253 e. The van der Waals surface area contributed by atoms with Crippen molar-refractivity contribution in [2.45, 2.75) is 25.4 Å². The fourth-order valence-corrected chi connectivity index (χ4v) is 2.97. The predicted molar refractivity (Wildman–Crippen MR) is 93.9 cm³/mol. The second-order valence-electron chi connectivity index (χ2n) is 6.15. The highest BCUT2D eigenvalue weighted by Crippen LogP contribution is 2.21. The van der Waals surface area contributed by atoms with Crippen LogP contribution in [0.2, 0.25) is 0 Å². The number of fused-ring (bicyclic) bond motifs is 1. The number of amides is 1. The molecule has 2 atom stereocenters. The normalized spacial score (nSPS) is 13.6. The molecule has 3 aromatic rings. The largest absolute Gasteiger partial charge is 0.393 e. The maximum atomic E-state index is 13.7. The molecule has 2 aromatic carbocycles. The van der Waals surface area contributed by atoms with E-state index in [1.165, 1.54) is 18.5 Å². The van der Waals surface area contributed by atoms with Gasteiger partial charge in [0.15, 0.2) is 0 Å². The molecule has 5 nitrogen and oxygen atoms in total. The van der Waals surface area contributed by atoms with Crippen molar-refractivity contribution in [1.29, 1.82) is 0 Å². The molecule has 6 heteroatoms. The molecule has 0 radical (unpaired) electrons. The van der Waals surface area contributed by atoms with Crippen molar-refractivity contribution in [3.05, 3.63) is 65.7 Å². The first-order chi connectivity index (χ1) is 12.0. The first-order valence-corrected chi connectivity index (χ1v) is 8.18. The van der Waals surface area contributed by atoms with Crippen LogP contribution in [-0.4, -0.2) is 33.6 Å². The van der Waals surface area contributed by atoms with Gasteiger partial charge in [-0.05, 0) is 31.0 Å². The van der Waals surface area contributed by atoms with E-state index in [4.69, 9.17) is 0 Å². The molecule has 25 heavy (non-hydrogen) atoms. The van der Waals surface area contributed by atoms with Crippen LogP contribution in [0.1, 0.15) is 35.2 Å². The van der Waals surface area contributed by atoms with Crippen LogP contribution in [-0.2, 0) is 0 Å². The highest BCUT2D eigenvalue weighted by atomic mass is 19.1. The smallest absolute Gasteiger partial charge is 0.253 e. The number of nitrogens with zero attached hydrogens (tertiary/aromatic N) is 1. The Kier molecular flexibility index (Phi) is 5.09. The number of rotatable bonds is 6. The van der Waals surface area contributed by atoms with Gasteiger partial charge in [0.1, 0.15) is 11.3 Å². The van der Waals surface area contributed by atoms with Crippen LogP contribution in [0.3, 0.4) is 0 Å². The summed E-state index contributed by atoms with van der Waals surface area (Å²) in [5.41, 5.74) is 2.15. The van der Waals surface area contributed by atoms with E-state index >= 15 is 0 Å². The molecular weight excluding hydrogens is 321 g/mol. The van der Waals surface area contributed by atoms with E-state index in [-0.39, 0.29) is 17.4 Å². The zero-order valence-corrected chi connectivity index (χ0v) is 13.9. The van der Waals surface area contributed by atoms with Crippen molar-refractivity contribution in [2.75, 3.05) is 6.54 Å². The van der Waals surface area contributed by atoms with E-state index in [0.29, 0.717) is 24.0 Å². The van der Waals surface area contributed by atoms with Crippen LogP contribution in [0.4, 0.5) is 4.39 Å². The molecule has 2 unspecified atom stereocenters. The Labute approximate surface area is 144 Å². The molecule has 0 saturated carbocycles. The van der Waals surface area contributed by atoms with Crippen LogP contribution < -0.4 is 5.32 Å². The third-order valence-electron chi connectivity index (χ3n) is 4.14. The number of H-pyrrole nitrogens is 1. The summed E-state index contributed by atoms with van der Waals surface area (Å²) in [6.45, 7) is 2.06. The molecule has 0 aliphatic carbocycles. The van der Waals surface area contributed by atoms with Gasteiger partial charge >= 0.3 is 0 Å². The number of aliphatic hydroxyl groups excluding tert-OH is 1. The molecule has 1 amide bonds. The summed E-state index contributed by atoms with van der Waals surface area (Å²) in [7, 11) is 0. The van der Waals surface area contributed by atoms with Crippen molar-refractivity contribution in [1.82, 2.24) is 15.3 Å². The van der Waals surface area contributed by atoms with Gasteiger partial charge in [-0.15, -0.1) is 0 Å². The Morgan fingerprint density at radius 3 is 2.80 bits per heavy atom. The summed E-state index contributed by atoms with van der Waals surface area (Å²) >= 11 is 0. The highest BCUT2D eigenvalue weighted by molar-refractivity contribution is 6.04. The van der Waals surface area contributed by atoms with Gasteiger partial charge < -0.3 is 15.4 Å². The summed E-state index contributed by atoms with van der Waals surface area (Å²) in [4.78, 5) is 19.4. The van der Waals surface area contributed by atoms with Crippen molar-refractivity contribution >= 4 is 16.9 Å². The van der Waals surface area contributed by atoms with E-state index in [1.807, 2.05) is 30.3 Å². The first-order valence-electron chi connectivity index (χ1n) is 8.18. The Morgan fingerprint density at radius 1 is 1.32 bits per heavy atom. The number of hydrogen-bond acceptors (Lipinski definition) is 3. The molecule has 3 N–H and O–H groups in total. The lowest BCUT2D eigenvalue weighted by Gasteiger charge is -2.19. The second-order valence-corrected chi connectivity index (χ2v) is 6.15. The van der Waals surface area contributed by atoms with Gasteiger partial charge in [-0.2, -0.15) is 0 Å². The lowest BCUT2D eigenvalue weighted by Crippen LogP contribution is -2.30. The number of aromatic amines is 1. The minimum absolute atomic E-state index is 0.0339. The van der Waals surface area contributed by atoms with Gasteiger partial charge in [-0.1, -0.05) is 30.3 Å². The molecule has 0 aliphatic heterocycles. The molecule has 0 aliphatic rings. The molecule has 0 spiro atoms. The number of benzene rings is 2. The van der Waals surface area contributed by atoms with E-state index in [0.717, 1.165) is 5.56 Å². The molecule has 0 bridgehead atoms. The number of carbonyl (C=O) groups is 1. The second kappa shape index (κ2) is 7.44. The van der Waals surface area contributed by atoms with Crippen LogP contribution in [0, 0.1) is 5.82 Å². The number of imidazole rings is 1. The number of aliphatic hydroxyl groups is 1. The minimum Gasteiger partial charge on any atom is -0.393 e. The Morgan fingerprint density at radius 2 is 2.08 bits per heavy atom. The first kappa shape index (κ1) is 17.1. The van der Waals surface area contributed by atoms with Crippen LogP contribution in [0.5, 0.6) is 0 Å². The van der Waals surface area contributed by atoms with Gasteiger partial charge in [-0.25, -0.2) is 9.37 Å². The molecule has 130 valence electrons. The maximum absolute atomic E-state index is 13.7. The van der Waals surface area contributed by atoms with E-state index in [1.54, 1.807) is 6.92 Å². The van der Waals surface area contributed by atoms with Gasteiger partial charge in [0.2, 0.25) is 0 Å². The highest BCUT2D eigenvalue weighted by Gasteiger charge is 2.18. The zero-order valence-electron chi connectivity index (χ0n) is 13.9. The number of carbonyl (C=O) groups excluding carboxylic acids is 1. The van der Waals surface area contributed by atoms with Crippen molar-refractivity contribution < 1.29 is 14.3 Å². The number of nitrogens with one attached hydrogen (secondary N) is 2. The molecule has 1 heterocycles. The Hall–Kier alpha value is -2.73. The van der Waals surface area contributed by atoms with Gasteiger partial charge in [0.25, 0.3) is 5.91 Å². The quantitative estimate of drug-likeness (QED) is 0.645. The average molecular weight is 341 g/mol. The topological polar surface area (TPSA) is 78.0 Å². The number of halogens is 1. The predicted octanol–water partition coefficient (Wildman–Crippen LogP) is 2.99. The third-order valence-corrected chi connectivity index (χ3v) is 4.14. The molecule has 0 fully saturated rings. The van der Waals surface area contributed by atoms with Crippen LogP contribution >= 0.6 is 0 Å². The minimum atomic E-state index is -0.495. The van der Waals surface area contributed by atoms with Gasteiger partial charge in [0, 0.05) is 12.5 Å². The fraction of sp³-hybridized carbons (Fsp3) is 0.263. The fourth-order valence-electron chi connectivity index (χ4n) is 2.97. The van der Waals surface area contributed by atoms with Gasteiger partial charge in [-0.3, -0.25) is 4.79 Å². The summed E-state index contributed by atoms with van der Waals surface area (Å²) in [5.74, 6) is -0.915. The van der Waals surface area contributed by atoms with E-state index in [9.17, 15) is 14.3 Å². The standard InChI is InChI=1S/C19H20FN3O2/c1-12(24)7-14(13-5-3-2-4-6-13)10-21-19(25)16-8-15(20)9-17-18(16)23-11-22-17/h2-6,8-9,11-12,14,24H,7,10H2,1H3,(H,21,25)(H,22,23). The summed E-state index contributed by atoms with van der Waals surface area (Å²) in [6, 6.07) is 12.2. The number of aromatic nitrogens is 2. The zero-order chi connectivity index (χ0) is 17.8. The summed E-state index contributed by atoms with van der Waals surface area (Å²) in [6.07, 6.45) is 1.46. The van der Waals surface area contributed by atoms with Crippen LogP contribution in [0.25, 0.3) is 11.0 Å². The van der Waals surface area contributed by atoms with Gasteiger partial charge in [0.05, 0.1) is 23.5 Å². The molecule has 1 aromatic heterocycles. The van der Waals surface area contributed by atoms with Crippen molar-refractivity contribution in [3.63, 3.8) is 0 Å². The number of hydrogen-bond donors (Lipinski definition) is 3. The summed E-state index contributed by atoms with van der Waals surface area (Å²) in [5, 5.41) is 12.6. The molecular formula is C19H20FN3O2. The van der Waals surface area contributed by atoms with E-state index in [2.05, 4.69) is 15.3 Å².